The standard InChI is InChI=1S/C48H30N2S/c1-3-11-31(12-4-1)34-21-27-43-40(29-34)41-30-35(32-13-5-2-6-14-32)22-28-44(41)49(43)36-23-19-33(20-24-36)37-25-26-39-38-15-7-8-16-42(38)50-45-17-9-10-18-46(45)51-48(37)47(39)50/h1-30H. The van der Waals surface area contributed by atoms with Crippen molar-refractivity contribution in [3.05, 3.63) is 182 Å². The Labute approximate surface area is 299 Å². The molecule has 10 aromatic rings. The third-order valence-corrected chi connectivity index (χ3v) is 11.7. The summed E-state index contributed by atoms with van der Waals surface area (Å²) in [5.74, 6) is 0. The van der Waals surface area contributed by atoms with Crippen molar-refractivity contribution in [2.45, 2.75) is 9.79 Å². The van der Waals surface area contributed by atoms with E-state index in [0.717, 1.165) is 5.69 Å². The van der Waals surface area contributed by atoms with Crippen molar-refractivity contribution >= 4 is 55.4 Å². The molecule has 1 aliphatic heterocycles. The van der Waals surface area contributed by atoms with Crippen molar-refractivity contribution in [3.8, 4) is 44.8 Å². The molecule has 3 heteroatoms. The molecule has 0 bridgehead atoms. The fourth-order valence-electron chi connectivity index (χ4n) is 8.16. The molecule has 0 radical (unpaired) electrons. The Balaban J connectivity index is 1.09. The van der Waals surface area contributed by atoms with Gasteiger partial charge in [0.15, 0.2) is 0 Å². The lowest BCUT2D eigenvalue weighted by Gasteiger charge is -2.22. The van der Waals surface area contributed by atoms with Gasteiger partial charge in [-0.05, 0) is 88.0 Å². The summed E-state index contributed by atoms with van der Waals surface area (Å²) >= 11 is 1.89. The summed E-state index contributed by atoms with van der Waals surface area (Å²) in [6, 6.07) is 66.6. The first-order valence-corrected chi connectivity index (χ1v) is 18.3. The topological polar surface area (TPSA) is 9.86 Å². The molecule has 8 aromatic carbocycles. The van der Waals surface area contributed by atoms with Crippen LogP contribution in [0, 0.1) is 0 Å². The molecule has 0 spiro atoms. The van der Waals surface area contributed by atoms with Crippen LogP contribution in [0.2, 0.25) is 0 Å². The fourth-order valence-corrected chi connectivity index (χ4v) is 9.38. The molecule has 3 heterocycles. The highest BCUT2D eigenvalue weighted by atomic mass is 32.2. The number of benzene rings is 8. The minimum Gasteiger partial charge on any atom is -0.309 e. The number of rotatable bonds is 4. The van der Waals surface area contributed by atoms with Crippen LogP contribution >= 0.6 is 11.8 Å². The molecular formula is C48H30N2S. The molecule has 11 rings (SSSR count). The second-order valence-corrected chi connectivity index (χ2v) is 14.4. The molecule has 0 atom stereocenters. The molecule has 0 amide bonds. The highest BCUT2D eigenvalue weighted by molar-refractivity contribution is 8.00. The van der Waals surface area contributed by atoms with Gasteiger partial charge in [-0.2, -0.15) is 0 Å². The molecule has 0 saturated carbocycles. The third kappa shape index (κ3) is 4.32. The summed E-state index contributed by atoms with van der Waals surface area (Å²) in [4.78, 5) is 2.60. The van der Waals surface area contributed by atoms with Crippen LogP contribution in [0.25, 0.3) is 88.4 Å². The summed E-state index contributed by atoms with van der Waals surface area (Å²) in [7, 11) is 0. The molecule has 238 valence electrons. The van der Waals surface area contributed by atoms with E-state index in [2.05, 4.69) is 191 Å². The predicted molar refractivity (Wildman–Crippen MR) is 216 cm³/mol. The quantitative estimate of drug-likeness (QED) is 0.182. The van der Waals surface area contributed by atoms with Crippen LogP contribution in [0.3, 0.4) is 0 Å². The first kappa shape index (κ1) is 28.5. The minimum atomic E-state index is 1.15. The monoisotopic (exact) mass is 666 g/mol. The normalized spacial score (nSPS) is 12.2. The molecule has 0 N–H and O–H groups in total. The summed E-state index contributed by atoms with van der Waals surface area (Å²) in [6.45, 7) is 0. The van der Waals surface area contributed by atoms with E-state index >= 15 is 0 Å². The van der Waals surface area contributed by atoms with Crippen LogP contribution in [0.4, 0.5) is 0 Å². The van der Waals surface area contributed by atoms with Gasteiger partial charge in [-0.25, -0.2) is 0 Å². The average molecular weight is 667 g/mol. The summed E-state index contributed by atoms with van der Waals surface area (Å²) in [5, 5.41) is 5.11. The number of nitrogens with zero attached hydrogens (tertiary/aromatic N) is 2. The number of aromatic nitrogens is 2. The number of fused-ring (bicyclic) bond motifs is 8. The van der Waals surface area contributed by atoms with Crippen molar-refractivity contribution in [3.63, 3.8) is 0 Å². The van der Waals surface area contributed by atoms with E-state index in [9.17, 15) is 0 Å². The lowest BCUT2D eigenvalue weighted by atomic mass is 10.0. The smallest absolute Gasteiger partial charge is 0.0687 e. The van der Waals surface area contributed by atoms with E-state index in [1.54, 1.807) is 0 Å². The minimum absolute atomic E-state index is 1.15. The molecule has 0 aliphatic carbocycles. The molecular weight excluding hydrogens is 637 g/mol. The zero-order valence-corrected chi connectivity index (χ0v) is 28.4. The van der Waals surface area contributed by atoms with E-state index < -0.39 is 0 Å². The van der Waals surface area contributed by atoms with E-state index in [1.807, 2.05) is 11.8 Å². The second kappa shape index (κ2) is 11.1. The van der Waals surface area contributed by atoms with E-state index in [1.165, 1.54) is 92.5 Å². The Morgan fingerprint density at radius 3 is 1.61 bits per heavy atom. The van der Waals surface area contributed by atoms with E-state index in [0.29, 0.717) is 0 Å². The second-order valence-electron chi connectivity index (χ2n) is 13.3. The van der Waals surface area contributed by atoms with Crippen LogP contribution < -0.4 is 0 Å². The van der Waals surface area contributed by atoms with Gasteiger partial charge in [0, 0.05) is 37.0 Å². The lowest BCUT2D eigenvalue weighted by Crippen LogP contribution is -2.02. The molecule has 0 fully saturated rings. The third-order valence-electron chi connectivity index (χ3n) is 10.5. The summed E-state index contributed by atoms with van der Waals surface area (Å²) in [5.41, 5.74) is 14.8. The van der Waals surface area contributed by atoms with E-state index in [-0.39, 0.29) is 0 Å². The van der Waals surface area contributed by atoms with Crippen molar-refractivity contribution in [2.24, 2.45) is 0 Å². The molecule has 2 aromatic heterocycles. The zero-order chi connectivity index (χ0) is 33.5. The number of hydrogen-bond acceptors (Lipinski definition) is 1. The van der Waals surface area contributed by atoms with Crippen LogP contribution in [0.1, 0.15) is 0 Å². The van der Waals surface area contributed by atoms with Crippen molar-refractivity contribution in [1.82, 2.24) is 9.13 Å². The maximum Gasteiger partial charge on any atom is 0.0687 e. The highest BCUT2D eigenvalue weighted by Crippen LogP contribution is 2.50. The van der Waals surface area contributed by atoms with Gasteiger partial charge in [0.2, 0.25) is 0 Å². The SMILES string of the molecule is c1ccc(-c2ccc3c(c2)c2cc(-c4ccccc4)ccc2n3-c2ccc(-c3ccc4c5ccccc5n5c4c3Sc3ccccc3-5)cc2)cc1. The molecule has 0 saturated heterocycles. The summed E-state index contributed by atoms with van der Waals surface area (Å²) in [6.07, 6.45) is 0. The Bertz CT molecular complexity index is 2870. The Morgan fingerprint density at radius 2 is 0.922 bits per heavy atom. The highest BCUT2D eigenvalue weighted by Gasteiger charge is 2.25. The van der Waals surface area contributed by atoms with Crippen molar-refractivity contribution in [2.75, 3.05) is 0 Å². The molecule has 51 heavy (non-hydrogen) atoms. The van der Waals surface area contributed by atoms with Crippen LogP contribution in [-0.4, -0.2) is 9.13 Å². The first-order chi connectivity index (χ1) is 25.3. The van der Waals surface area contributed by atoms with Crippen molar-refractivity contribution < 1.29 is 0 Å². The lowest BCUT2D eigenvalue weighted by molar-refractivity contribution is 1.09. The number of para-hydroxylation sites is 2. The maximum absolute atomic E-state index is 2.47. The van der Waals surface area contributed by atoms with Gasteiger partial charge in [0.05, 0.1) is 27.8 Å². The molecule has 2 nitrogen and oxygen atoms in total. The zero-order valence-electron chi connectivity index (χ0n) is 27.6. The summed E-state index contributed by atoms with van der Waals surface area (Å²) < 4.78 is 4.89. The van der Waals surface area contributed by atoms with Crippen LogP contribution in [0.5, 0.6) is 0 Å². The van der Waals surface area contributed by atoms with Gasteiger partial charge < -0.3 is 9.13 Å². The van der Waals surface area contributed by atoms with E-state index in [4.69, 9.17) is 0 Å². The van der Waals surface area contributed by atoms with Crippen LogP contribution in [-0.2, 0) is 0 Å². The molecule has 1 aliphatic rings. The van der Waals surface area contributed by atoms with Gasteiger partial charge >= 0.3 is 0 Å². The van der Waals surface area contributed by atoms with Gasteiger partial charge in [0.25, 0.3) is 0 Å². The Hall–Kier alpha value is -6.29. The first-order valence-electron chi connectivity index (χ1n) is 17.4. The molecule has 0 unspecified atom stereocenters. The van der Waals surface area contributed by atoms with Gasteiger partial charge in [-0.1, -0.05) is 139 Å². The van der Waals surface area contributed by atoms with Gasteiger partial charge in [-0.15, -0.1) is 0 Å². The largest absolute Gasteiger partial charge is 0.309 e. The van der Waals surface area contributed by atoms with Gasteiger partial charge in [-0.3, -0.25) is 0 Å². The Kier molecular flexibility index (Phi) is 6.22. The Morgan fingerprint density at radius 1 is 0.353 bits per heavy atom. The van der Waals surface area contributed by atoms with Crippen LogP contribution in [0.15, 0.2) is 192 Å². The number of hydrogen-bond donors (Lipinski definition) is 0. The van der Waals surface area contributed by atoms with Gasteiger partial charge in [0.1, 0.15) is 0 Å². The maximum atomic E-state index is 2.47. The average Bonchev–Trinajstić information content (AvgIpc) is 3.72. The van der Waals surface area contributed by atoms with Crippen molar-refractivity contribution in [1.29, 1.82) is 0 Å². The fraction of sp³-hybridized carbons (Fsp3) is 0. The predicted octanol–water partition coefficient (Wildman–Crippen LogP) is 13.3.